The Labute approximate surface area is 220 Å². The molecule has 2 aromatic carbocycles. The molecule has 1 heterocycles. The molecular weight excluding hydrogens is 516 g/mol. The number of non-ortho nitro benzene ring substituents is 1. The fraction of sp³-hybridized carbons (Fsp3) is 0.440. The van der Waals surface area contributed by atoms with Crippen molar-refractivity contribution in [2.45, 2.75) is 51.0 Å². The number of benzene rings is 2. The van der Waals surface area contributed by atoms with Crippen molar-refractivity contribution >= 4 is 43.2 Å². The van der Waals surface area contributed by atoms with E-state index in [1.807, 2.05) is 13.8 Å². The average Bonchev–Trinajstić information content (AvgIpc) is 3.23. The van der Waals surface area contributed by atoms with E-state index in [9.17, 15) is 23.3 Å². The third-order valence-electron chi connectivity index (χ3n) is 5.85. The summed E-state index contributed by atoms with van der Waals surface area (Å²) in [5.41, 5.74) is 0.906. The Morgan fingerprint density at radius 1 is 1.11 bits per heavy atom. The van der Waals surface area contributed by atoms with Crippen molar-refractivity contribution < 1.29 is 22.9 Å². The fourth-order valence-electron chi connectivity index (χ4n) is 3.75. The Morgan fingerprint density at radius 2 is 1.76 bits per heavy atom. The first-order chi connectivity index (χ1) is 17.7. The molecule has 0 unspecified atom stereocenters. The zero-order valence-corrected chi connectivity index (χ0v) is 22.9. The van der Waals surface area contributed by atoms with Crippen molar-refractivity contribution in [3.05, 3.63) is 62.9 Å². The van der Waals surface area contributed by atoms with Crippen LogP contribution in [0.5, 0.6) is 0 Å². The molecule has 0 bridgehead atoms. The van der Waals surface area contributed by atoms with E-state index in [1.54, 1.807) is 17.7 Å². The van der Waals surface area contributed by atoms with Crippen LogP contribution in [0.15, 0.2) is 52.4 Å². The lowest BCUT2D eigenvalue weighted by Gasteiger charge is -2.22. The third-order valence-corrected chi connectivity index (χ3v) is 8.81. The fourth-order valence-corrected chi connectivity index (χ4v) is 6.36. The van der Waals surface area contributed by atoms with Gasteiger partial charge in [-0.2, -0.15) is 9.30 Å². The van der Waals surface area contributed by atoms with E-state index >= 15 is 0 Å². The van der Waals surface area contributed by atoms with E-state index < -0.39 is 20.9 Å². The van der Waals surface area contributed by atoms with Crippen LogP contribution in [0, 0.1) is 10.1 Å². The van der Waals surface area contributed by atoms with Crippen LogP contribution in [0.1, 0.15) is 49.9 Å². The second-order valence-corrected chi connectivity index (χ2v) is 11.4. The van der Waals surface area contributed by atoms with Gasteiger partial charge in [0.1, 0.15) is 0 Å². The minimum absolute atomic E-state index is 0.0470. The molecule has 37 heavy (non-hydrogen) atoms. The first kappa shape index (κ1) is 28.6. The molecule has 3 aromatic rings. The molecule has 0 saturated carbocycles. The van der Waals surface area contributed by atoms with Crippen molar-refractivity contribution in [3.8, 4) is 0 Å². The summed E-state index contributed by atoms with van der Waals surface area (Å²) in [5.74, 6) is -0.537. The van der Waals surface area contributed by atoms with Crippen molar-refractivity contribution in [2.75, 3.05) is 26.8 Å². The van der Waals surface area contributed by atoms with Crippen LogP contribution in [0.2, 0.25) is 0 Å². The molecule has 1 aromatic heterocycles. The number of fused-ring (bicyclic) bond motifs is 1. The molecule has 0 radical (unpaired) electrons. The number of aromatic nitrogens is 1. The number of ether oxygens (including phenoxy) is 1. The summed E-state index contributed by atoms with van der Waals surface area (Å²) in [6.07, 6.45) is 3.34. The zero-order chi connectivity index (χ0) is 27.0. The van der Waals surface area contributed by atoms with E-state index in [2.05, 4.69) is 4.99 Å². The molecule has 0 aliphatic heterocycles. The van der Waals surface area contributed by atoms with Crippen LogP contribution in [-0.2, 0) is 21.3 Å². The topological polar surface area (TPSA) is 124 Å². The summed E-state index contributed by atoms with van der Waals surface area (Å²) in [6, 6.07) is 10.3. The number of carbonyl (C=O) groups excluding carboxylic acids is 1. The Balaban J connectivity index is 1.94. The smallest absolute Gasteiger partial charge is 0.279 e. The van der Waals surface area contributed by atoms with Gasteiger partial charge >= 0.3 is 0 Å². The van der Waals surface area contributed by atoms with Crippen LogP contribution in [0.25, 0.3) is 10.2 Å². The highest BCUT2D eigenvalue weighted by Crippen LogP contribution is 2.24. The number of methoxy groups -OCH3 is 1. The van der Waals surface area contributed by atoms with Gasteiger partial charge in [0.15, 0.2) is 4.80 Å². The van der Waals surface area contributed by atoms with Gasteiger partial charge in [-0.3, -0.25) is 14.9 Å². The number of unbranched alkanes of at least 4 members (excludes halogenated alkanes) is 2. The highest BCUT2D eigenvalue weighted by atomic mass is 32.2. The van der Waals surface area contributed by atoms with Crippen LogP contribution in [-0.4, -0.2) is 54.9 Å². The van der Waals surface area contributed by atoms with Gasteiger partial charge in [-0.15, -0.1) is 0 Å². The summed E-state index contributed by atoms with van der Waals surface area (Å²) < 4.78 is 35.5. The van der Waals surface area contributed by atoms with Crippen molar-refractivity contribution in [3.63, 3.8) is 0 Å². The van der Waals surface area contributed by atoms with Crippen molar-refractivity contribution in [1.29, 1.82) is 0 Å². The number of rotatable bonds is 13. The first-order valence-corrected chi connectivity index (χ1v) is 14.4. The monoisotopic (exact) mass is 548 g/mol. The van der Waals surface area contributed by atoms with E-state index in [-0.39, 0.29) is 16.1 Å². The Hall–Kier alpha value is -2.93. The maximum Gasteiger partial charge on any atom is 0.279 e. The lowest BCUT2D eigenvalue weighted by atomic mass is 10.2. The molecule has 0 N–H and O–H groups in total. The molecule has 0 aliphatic rings. The number of hydrogen-bond donors (Lipinski definition) is 0. The van der Waals surface area contributed by atoms with Gasteiger partial charge in [-0.05, 0) is 43.2 Å². The van der Waals surface area contributed by atoms with E-state index in [4.69, 9.17) is 4.74 Å². The zero-order valence-electron chi connectivity index (χ0n) is 21.3. The number of thiazole rings is 1. The molecular formula is C25H32N4O6S2. The molecule has 12 heteroatoms. The second kappa shape index (κ2) is 13.0. The van der Waals surface area contributed by atoms with Crippen LogP contribution < -0.4 is 4.80 Å². The summed E-state index contributed by atoms with van der Waals surface area (Å²) in [6.45, 7) is 5.73. The quantitative estimate of drug-likeness (QED) is 0.227. The van der Waals surface area contributed by atoms with Gasteiger partial charge in [0.05, 0.1) is 26.6 Å². The lowest BCUT2D eigenvalue weighted by Crippen LogP contribution is -2.33. The normalized spacial score (nSPS) is 12.5. The maximum absolute atomic E-state index is 13.2. The number of nitro groups is 1. The minimum atomic E-state index is -3.67. The molecule has 0 fully saturated rings. The van der Waals surface area contributed by atoms with Gasteiger partial charge < -0.3 is 9.30 Å². The summed E-state index contributed by atoms with van der Waals surface area (Å²) in [4.78, 5) is 28.5. The summed E-state index contributed by atoms with van der Waals surface area (Å²) in [5, 5.41) is 11.2. The van der Waals surface area contributed by atoms with Crippen LogP contribution in [0.3, 0.4) is 0 Å². The van der Waals surface area contributed by atoms with Crippen LogP contribution in [0.4, 0.5) is 5.69 Å². The van der Waals surface area contributed by atoms with Gasteiger partial charge in [0.25, 0.3) is 11.6 Å². The number of nitrogens with zero attached hydrogens (tertiary/aromatic N) is 4. The van der Waals surface area contributed by atoms with Gasteiger partial charge in [0.2, 0.25) is 10.0 Å². The Kier molecular flexibility index (Phi) is 10.1. The molecule has 0 saturated heterocycles. The second-order valence-electron chi connectivity index (χ2n) is 8.49. The molecule has 3 rings (SSSR count). The number of nitro benzene ring substituents is 1. The number of sulfonamides is 1. The summed E-state index contributed by atoms with van der Waals surface area (Å²) >= 11 is 1.17. The van der Waals surface area contributed by atoms with Crippen LogP contribution >= 0.6 is 11.3 Å². The molecule has 200 valence electrons. The van der Waals surface area contributed by atoms with Crippen molar-refractivity contribution in [1.82, 2.24) is 8.87 Å². The third kappa shape index (κ3) is 6.89. The highest BCUT2D eigenvalue weighted by molar-refractivity contribution is 7.89. The SMILES string of the molecule is CCCCN(CCCC)S(=O)(=O)c1ccc(C(=O)N=c2sc3cc([N+](=O)[O-])ccc3n2CCOC)cc1. The highest BCUT2D eigenvalue weighted by Gasteiger charge is 2.24. The Bertz CT molecular complexity index is 1400. The average molecular weight is 549 g/mol. The Morgan fingerprint density at radius 3 is 2.32 bits per heavy atom. The molecule has 10 nitrogen and oxygen atoms in total. The van der Waals surface area contributed by atoms with Crippen molar-refractivity contribution in [2.24, 2.45) is 4.99 Å². The molecule has 1 amide bonds. The predicted molar refractivity (Wildman–Crippen MR) is 143 cm³/mol. The minimum Gasteiger partial charge on any atom is -0.383 e. The van der Waals surface area contributed by atoms with Gasteiger partial charge in [-0.1, -0.05) is 38.0 Å². The van der Waals surface area contributed by atoms with E-state index in [0.717, 1.165) is 25.7 Å². The summed E-state index contributed by atoms with van der Waals surface area (Å²) in [7, 11) is -2.11. The number of hydrogen-bond acceptors (Lipinski definition) is 7. The van der Waals surface area contributed by atoms with E-state index in [0.29, 0.717) is 41.3 Å². The first-order valence-electron chi connectivity index (χ1n) is 12.2. The number of carbonyl (C=O) groups is 1. The number of amides is 1. The molecule has 0 atom stereocenters. The molecule has 0 spiro atoms. The van der Waals surface area contributed by atoms with E-state index in [1.165, 1.54) is 52.0 Å². The lowest BCUT2D eigenvalue weighted by molar-refractivity contribution is -0.384. The largest absolute Gasteiger partial charge is 0.383 e. The predicted octanol–water partition coefficient (Wildman–Crippen LogP) is 4.59. The van der Waals surface area contributed by atoms with Gasteiger partial charge in [0, 0.05) is 44.4 Å². The molecule has 0 aliphatic carbocycles. The standard InChI is InChI=1S/C25H32N4O6S2/c1-4-6-14-27(15-7-5-2)37(33,34)21-11-8-19(9-12-21)24(30)26-25-28(16-17-35-3)22-13-10-20(29(31)32)18-23(22)36-25/h8-13,18H,4-7,14-17H2,1-3H3. The van der Waals surface area contributed by atoms with Gasteiger partial charge in [-0.25, -0.2) is 8.42 Å². The maximum atomic E-state index is 13.2.